The minimum absolute atomic E-state index is 0.135. The monoisotopic (exact) mass is 353 g/mol. The SMILES string of the molecule is Cc1cccc(C(=O)O[C@@H](C)C(=O)N2CC(=O)Nc3ccccc32)c1N. The van der Waals surface area contributed by atoms with Crippen molar-refractivity contribution < 1.29 is 19.1 Å². The van der Waals surface area contributed by atoms with Crippen LogP contribution in [0.1, 0.15) is 22.8 Å². The van der Waals surface area contributed by atoms with E-state index in [2.05, 4.69) is 5.32 Å². The number of nitrogens with two attached hydrogens (primary N) is 1. The van der Waals surface area contributed by atoms with Crippen LogP contribution >= 0.6 is 0 Å². The number of aryl methyl sites for hydroxylation is 1. The number of carbonyl (C=O) groups excluding carboxylic acids is 3. The van der Waals surface area contributed by atoms with Crippen molar-refractivity contribution in [3.8, 4) is 0 Å². The van der Waals surface area contributed by atoms with Gasteiger partial charge in [0.25, 0.3) is 5.91 Å². The van der Waals surface area contributed by atoms with Crippen LogP contribution in [0.3, 0.4) is 0 Å². The molecule has 2 amide bonds. The van der Waals surface area contributed by atoms with Gasteiger partial charge in [0.1, 0.15) is 6.54 Å². The molecule has 0 bridgehead atoms. The first-order valence-electron chi connectivity index (χ1n) is 8.15. The molecule has 0 unspecified atom stereocenters. The number of ether oxygens (including phenoxy) is 1. The standard InChI is InChI=1S/C19H19N3O4/c1-11-6-5-7-13(17(11)20)19(25)26-12(2)18(24)22-10-16(23)21-14-8-3-4-9-15(14)22/h3-9,12H,10,20H2,1-2H3,(H,21,23)/t12-/m0/s1. The van der Waals surface area contributed by atoms with Gasteiger partial charge in [0, 0.05) is 5.69 Å². The second-order valence-corrected chi connectivity index (χ2v) is 6.07. The molecule has 1 heterocycles. The van der Waals surface area contributed by atoms with Gasteiger partial charge in [-0.1, -0.05) is 24.3 Å². The van der Waals surface area contributed by atoms with Crippen LogP contribution in [0.25, 0.3) is 0 Å². The van der Waals surface area contributed by atoms with Gasteiger partial charge in [-0.2, -0.15) is 0 Å². The van der Waals surface area contributed by atoms with E-state index < -0.39 is 18.0 Å². The zero-order chi connectivity index (χ0) is 18.8. The Morgan fingerprint density at radius 2 is 1.92 bits per heavy atom. The van der Waals surface area contributed by atoms with Crippen molar-refractivity contribution in [2.75, 3.05) is 22.5 Å². The molecule has 0 aliphatic carbocycles. The molecule has 3 rings (SSSR count). The Morgan fingerprint density at radius 1 is 1.19 bits per heavy atom. The van der Waals surface area contributed by atoms with Crippen molar-refractivity contribution >= 4 is 34.8 Å². The molecule has 7 heteroatoms. The van der Waals surface area contributed by atoms with E-state index in [4.69, 9.17) is 10.5 Å². The lowest BCUT2D eigenvalue weighted by Crippen LogP contribution is -2.47. The molecule has 1 aliphatic heterocycles. The molecule has 0 radical (unpaired) electrons. The molecule has 3 N–H and O–H groups in total. The number of hydrogen-bond donors (Lipinski definition) is 2. The highest BCUT2D eigenvalue weighted by atomic mass is 16.5. The van der Waals surface area contributed by atoms with E-state index in [0.29, 0.717) is 17.1 Å². The molecule has 2 aromatic rings. The van der Waals surface area contributed by atoms with Gasteiger partial charge in [-0.25, -0.2) is 4.79 Å². The fourth-order valence-corrected chi connectivity index (χ4v) is 2.78. The summed E-state index contributed by atoms with van der Waals surface area (Å²) in [7, 11) is 0. The molecule has 1 atom stereocenters. The van der Waals surface area contributed by atoms with Gasteiger partial charge in [-0.15, -0.1) is 0 Å². The topological polar surface area (TPSA) is 102 Å². The number of para-hydroxylation sites is 3. The number of nitrogens with one attached hydrogen (secondary N) is 1. The Morgan fingerprint density at radius 3 is 2.69 bits per heavy atom. The Balaban J connectivity index is 1.79. The van der Waals surface area contributed by atoms with Crippen molar-refractivity contribution in [2.45, 2.75) is 20.0 Å². The largest absolute Gasteiger partial charge is 0.449 e. The smallest absolute Gasteiger partial charge is 0.341 e. The quantitative estimate of drug-likeness (QED) is 0.650. The Hall–Kier alpha value is -3.35. The molecule has 134 valence electrons. The molecule has 2 aromatic carbocycles. The Kier molecular flexibility index (Phi) is 4.62. The molecular weight excluding hydrogens is 334 g/mol. The maximum Gasteiger partial charge on any atom is 0.341 e. The number of fused-ring (bicyclic) bond motifs is 1. The number of hydrogen-bond acceptors (Lipinski definition) is 5. The predicted octanol–water partition coefficient (Wildman–Crippen LogP) is 2.11. The summed E-state index contributed by atoms with van der Waals surface area (Å²) in [5, 5.41) is 2.71. The van der Waals surface area contributed by atoms with E-state index >= 15 is 0 Å². The van der Waals surface area contributed by atoms with Crippen molar-refractivity contribution in [2.24, 2.45) is 0 Å². The third-order valence-corrected chi connectivity index (χ3v) is 4.21. The van der Waals surface area contributed by atoms with Gasteiger partial charge in [-0.05, 0) is 37.6 Å². The lowest BCUT2D eigenvalue weighted by Gasteiger charge is -2.30. The number of rotatable bonds is 3. The molecule has 1 aliphatic rings. The number of carbonyl (C=O) groups is 3. The molecular formula is C19H19N3O4. The zero-order valence-corrected chi connectivity index (χ0v) is 14.5. The molecule has 0 saturated heterocycles. The van der Waals surface area contributed by atoms with Gasteiger partial charge in [0.15, 0.2) is 6.10 Å². The minimum Gasteiger partial charge on any atom is -0.449 e. The van der Waals surface area contributed by atoms with E-state index in [-0.39, 0.29) is 18.0 Å². The number of benzene rings is 2. The lowest BCUT2D eigenvalue weighted by atomic mass is 10.1. The van der Waals surface area contributed by atoms with Gasteiger partial charge in [-0.3, -0.25) is 14.5 Å². The van der Waals surface area contributed by atoms with Crippen LogP contribution in [0.15, 0.2) is 42.5 Å². The summed E-state index contributed by atoms with van der Waals surface area (Å²) < 4.78 is 5.30. The summed E-state index contributed by atoms with van der Waals surface area (Å²) in [5.41, 5.74) is 8.29. The van der Waals surface area contributed by atoms with Crippen LogP contribution in [-0.4, -0.2) is 30.4 Å². The minimum atomic E-state index is -1.07. The van der Waals surface area contributed by atoms with Gasteiger partial charge < -0.3 is 15.8 Å². The first-order valence-corrected chi connectivity index (χ1v) is 8.15. The number of anilines is 3. The van der Waals surface area contributed by atoms with E-state index in [1.54, 1.807) is 49.4 Å². The van der Waals surface area contributed by atoms with Crippen LogP contribution in [0, 0.1) is 6.92 Å². The third kappa shape index (κ3) is 3.23. The zero-order valence-electron chi connectivity index (χ0n) is 14.5. The van der Waals surface area contributed by atoms with Crippen molar-refractivity contribution in [3.05, 3.63) is 53.6 Å². The Bertz CT molecular complexity index is 894. The molecule has 0 spiro atoms. The normalized spacial score (nSPS) is 14.2. The molecule has 0 fully saturated rings. The van der Waals surface area contributed by atoms with Gasteiger partial charge >= 0.3 is 5.97 Å². The second kappa shape index (κ2) is 6.87. The van der Waals surface area contributed by atoms with E-state index in [9.17, 15) is 14.4 Å². The second-order valence-electron chi connectivity index (χ2n) is 6.07. The number of nitrogen functional groups attached to an aromatic ring is 1. The lowest BCUT2D eigenvalue weighted by molar-refractivity contribution is -0.128. The molecule has 7 nitrogen and oxygen atoms in total. The Labute approximate surface area is 150 Å². The van der Waals surface area contributed by atoms with E-state index in [1.165, 1.54) is 11.8 Å². The highest BCUT2D eigenvalue weighted by Gasteiger charge is 2.31. The number of nitrogens with zero attached hydrogens (tertiary/aromatic N) is 1. The predicted molar refractivity (Wildman–Crippen MR) is 97.9 cm³/mol. The van der Waals surface area contributed by atoms with Crippen molar-refractivity contribution in [1.29, 1.82) is 0 Å². The highest BCUT2D eigenvalue weighted by Crippen LogP contribution is 2.29. The van der Waals surface area contributed by atoms with Crippen LogP contribution in [-0.2, 0) is 14.3 Å². The number of esters is 1. The molecule has 0 saturated carbocycles. The first kappa shape index (κ1) is 17.5. The van der Waals surface area contributed by atoms with Gasteiger partial charge in [0.2, 0.25) is 5.91 Å². The summed E-state index contributed by atoms with van der Waals surface area (Å²) in [4.78, 5) is 38.3. The van der Waals surface area contributed by atoms with Crippen LogP contribution in [0.5, 0.6) is 0 Å². The fraction of sp³-hybridized carbons (Fsp3) is 0.211. The molecule has 26 heavy (non-hydrogen) atoms. The van der Waals surface area contributed by atoms with Gasteiger partial charge in [0.05, 0.1) is 16.9 Å². The van der Waals surface area contributed by atoms with Crippen LogP contribution in [0.4, 0.5) is 17.1 Å². The van der Waals surface area contributed by atoms with Crippen LogP contribution in [0.2, 0.25) is 0 Å². The summed E-state index contributed by atoms with van der Waals surface area (Å²) in [6.45, 7) is 3.12. The fourth-order valence-electron chi connectivity index (χ4n) is 2.78. The molecule has 0 aromatic heterocycles. The van der Waals surface area contributed by atoms with Crippen molar-refractivity contribution in [1.82, 2.24) is 0 Å². The van der Waals surface area contributed by atoms with E-state index in [0.717, 1.165) is 5.56 Å². The maximum absolute atomic E-state index is 12.8. The summed E-state index contributed by atoms with van der Waals surface area (Å²) in [6.07, 6.45) is -1.07. The summed E-state index contributed by atoms with van der Waals surface area (Å²) >= 11 is 0. The third-order valence-electron chi connectivity index (χ3n) is 4.21. The van der Waals surface area contributed by atoms with Crippen LogP contribution < -0.4 is 16.0 Å². The summed E-state index contributed by atoms with van der Waals surface area (Å²) in [6, 6.07) is 12.0. The van der Waals surface area contributed by atoms with E-state index in [1.807, 2.05) is 0 Å². The van der Waals surface area contributed by atoms with Crippen molar-refractivity contribution in [3.63, 3.8) is 0 Å². The average molecular weight is 353 g/mol. The maximum atomic E-state index is 12.8. The summed E-state index contributed by atoms with van der Waals surface area (Å²) in [5.74, 6) is -1.47. The number of amides is 2. The average Bonchev–Trinajstić information content (AvgIpc) is 2.62. The first-order chi connectivity index (χ1) is 12.4. The highest BCUT2D eigenvalue weighted by molar-refractivity contribution is 6.11.